The summed E-state index contributed by atoms with van der Waals surface area (Å²) >= 11 is 0. The number of nitrogens with zero attached hydrogens (tertiary/aromatic N) is 3. The van der Waals surface area contributed by atoms with Gasteiger partial charge in [-0.1, -0.05) is 25.9 Å². The third-order valence-corrected chi connectivity index (χ3v) is 4.03. The number of piperazine rings is 1. The number of hydrogen-bond donors (Lipinski definition) is 1. The molecule has 108 valence electrons. The lowest BCUT2D eigenvalue weighted by Gasteiger charge is -2.41. The van der Waals surface area contributed by atoms with Crippen molar-refractivity contribution < 1.29 is 4.52 Å². The summed E-state index contributed by atoms with van der Waals surface area (Å²) in [6, 6.07) is 1.22. The minimum absolute atomic E-state index is 0.592. The van der Waals surface area contributed by atoms with E-state index in [1.54, 1.807) is 0 Å². The summed E-state index contributed by atoms with van der Waals surface area (Å²) in [5, 5.41) is 7.64. The van der Waals surface area contributed by atoms with Crippen molar-refractivity contribution in [1.29, 1.82) is 0 Å². The van der Waals surface area contributed by atoms with Gasteiger partial charge >= 0.3 is 0 Å². The summed E-state index contributed by atoms with van der Waals surface area (Å²) in [4.78, 5) is 6.86. The van der Waals surface area contributed by atoms with Crippen molar-refractivity contribution in [2.24, 2.45) is 5.92 Å². The lowest BCUT2D eigenvalue weighted by atomic mass is 9.98. The Bertz CT molecular complexity index is 391. The van der Waals surface area contributed by atoms with E-state index in [0.717, 1.165) is 31.9 Å². The number of nitrogens with one attached hydrogen (secondary N) is 1. The van der Waals surface area contributed by atoms with E-state index in [1.807, 2.05) is 6.92 Å². The second-order valence-electron chi connectivity index (χ2n) is 5.80. The Hall–Kier alpha value is -0.940. The van der Waals surface area contributed by atoms with Crippen molar-refractivity contribution in [3.8, 4) is 0 Å². The molecule has 0 radical (unpaired) electrons. The van der Waals surface area contributed by atoms with Crippen LogP contribution in [0.25, 0.3) is 0 Å². The van der Waals surface area contributed by atoms with Gasteiger partial charge in [-0.25, -0.2) is 0 Å². The van der Waals surface area contributed by atoms with E-state index in [1.165, 1.54) is 6.42 Å². The maximum absolute atomic E-state index is 5.02. The van der Waals surface area contributed by atoms with E-state index in [0.29, 0.717) is 23.9 Å². The molecule has 5 nitrogen and oxygen atoms in total. The fourth-order valence-electron chi connectivity index (χ4n) is 2.69. The maximum atomic E-state index is 5.02. The van der Waals surface area contributed by atoms with E-state index in [4.69, 9.17) is 4.52 Å². The van der Waals surface area contributed by atoms with Crippen molar-refractivity contribution in [3.63, 3.8) is 0 Å². The Balaban J connectivity index is 1.91. The van der Waals surface area contributed by atoms with Gasteiger partial charge in [0.25, 0.3) is 0 Å². The quantitative estimate of drug-likeness (QED) is 0.878. The topological polar surface area (TPSA) is 54.2 Å². The van der Waals surface area contributed by atoms with E-state index < -0.39 is 0 Å². The summed E-state index contributed by atoms with van der Waals surface area (Å²) in [6.45, 7) is 11.9. The molecule has 0 spiro atoms. The number of aromatic nitrogens is 2. The molecule has 2 heterocycles. The summed E-state index contributed by atoms with van der Waals surface area (Å²) in [5.74, 6) is 2.15. The molecule has 0 amide bonds. The molecule has 1 fully saturated rings. The summed E-state index contributed by atoms with van der Waals surface area (Å²) in [5.41, 5.74) is 0. The highest BCUT2D eigenvalue weighted by atomic mass is 16.5. The molecule has 1 N–H and O–H groups in total. The summed E-state index contributed by atoms with van der Waals surface area (Å²) in [6.07, 6.45) is 2.06. The van der Waals surface area contributed by atoms with Gasteiger partial charge in [-0.2, -0.15) is 4.98 Å². The van der Waals surface area contributed by atoms with Gasteiger partial charge in [0.15, 0.2) is 5.82 Å². The van der Waals surface area contributed by atoms with Crippen molar-refractivity contribution in [2.75, 3.05) is 19.6 Å². The number of hydrogen-bond acceptors (Lipinski definition) is 5. The van der Waals surface area contributed by atoms with Gasteiger partial charge in [0.1, 0.15) is 0 Å². The van der Waals surface area contributed by atoms with Crippen LogP contribution in [0.3, 0.4) is 0 Å². The highest BCUT2D eigenvalue weighted by Crippen LogP contribution is 2.15. The molecular formula is C14H26N4O. The summed E-state index contributed by atoms with van der Waals surface area (Å²) < 4.78 is 5.02. The Morgan fingerprint density at radius 3 is 2.84 bits per heavy atom. The molecule has 2 unspecified atom stereocenters. The first-order valence-electron chi connectivity index (χ1n) is 7.36. The predicted octanol–water partition coefficient (Wildman–Crippen LogP) is 1.63. The molecule has 0 aliphatic carbocycles. The van der Waals surface area contributed by atoms with Crippen LogP contribution >= 0.6 is 0 Å². The molecule has 1 aliphatic heterocycles. The van der Waals surface area contributed by atoms with Gasteiger partial charge in [0.05, 0.1) is 0 Å². The molecule has 5 heteroatoms. The molecule has 0 bridgehead atoms. The van der Waals surface area contributed by atoms with Crippen LogP contribution in [0.2, 0.25) is 0 Å². The Morgan fingerprint density at radius 1 is 1.47 bits per heavy atom. The van der Waals surface area contributed by atoms with Crippen LogP contribution in [0.15, 0.2) is 4.52 Å². The van der Waals surface area contributed by atoms with Gasteiger partial charge in [-0.15, -0.1) is 0 Å². The first kappa shape index (κ1) is 14.5. The fraction of sp³-hybridized carbons (Fsp3) is 0.857. The standard InChI is InChI=1S/C14H26N4O/c1-5-12-8-15-13(10(2)3)9-18(12)7-6-14-16-11(4)19-17-14/h10,12-13,15H,5-9H2,1-4H3. The zero-order chi connectivity index (χ0) is 13.8. The van der Waals surface area contributed by atoms with Gasteiger partial charge in [0, 0.05) is 45.1 Å². The molecule has 2 rings (SSSR count). The highest BCUT2D eigenvalue weighted by molar-refractivity contribution is 4.90. The lowest BCUT2D eigenvalue weighted by molar-refractivity contribution is 0.111. The highest BCUT2D eigenvalue weighted by Gasteiger charge is 2.28. The molecule has 0 saturated carbocycles. The van der Waals surface area contributed by atoms with Crippen molar-refractivity contribution in [3.05, 3.63) is 11.7 Å². The normalized spacial score (nSPS) is 25.1. The third-order valence-electron chi connectivity index (χ3n) is 4.03. The van der Waals surface area contributed by atoms with Gasteiger partial charge in [0.2, 0.25) is 5.89 Å². The Kier molecular flexibility index (Phi) is 4.93. The zero-order valence-electron chi connectivity index (χ0n) is 12.5. The van der Waals surface area contributed by atoms with Crippen LogP contribution in [0.4, 0.5) is 0 Å². The average Bonchev–Trinajstić information content (AvgIpc) is 2.81. The third kappa shape index (κ3) is 3.76. The van der Waals surface area contributed by atoms with E-state index in [-0.39, 0.29) is 0 Å². The van der Waals surface area contributed by atoms with E-state index in [2.05, 4.69) is 41.1 Å². The van der Waals surface area contributed by atoms with Crippen molar-refractivity contribution >= 4 is 0 Å². The van der Waals surface area contributed by atoms with E-state index >= 15 is 0 Å². The monoisotopic (exact) mass is 266 g/mol. The molecule has 2 atom stereocenters. The largest absolute Gasteiger partial charge is 0.340 e. The van der Waals surface area contributed by atoms with Gasteiger partial charge in [-0.05, 0) is 12.3 Å². The van der Waals surface area contributed by atoms with Crippen LogP contribution < -0.4 is 5.32 Å². The fourth-order valence-corrected chi connectivity index (χ4v) is 2.69. The predicted molar refractivity (Wildman–Crippen MR) is 75.0 cm³/mol. The minimum Gasteiger partial charge on any atom is -0.340 e. The molecule has 1 saturated heterocycles. The smallest absolute Gasteiger partial charge is 0.223 e. The Labute approximate surface area is 115 Å². The number of aryl methyl sites for hydroxylation is 1. The minimum atomic E-state index is 0.592. The second-order valence-corrected chi connectivity index (χ2v) is 5.80. The molecule has 0 aromatic carbocycles. The Morgan fingerprint density at radius 2 is 2.26 bits per heavy atom. The second kappa shape index (κ2) is 6.48. The average molecular weight is 266 g/mol. The molecule has 1 aromatic rings. The maximum Gasteiger partial charge on any atom is 0.223 e. The van der Waals surface area contributed by atoms with Crippen molar-refractivity contribution in [1.82, 2.24) is 20.4 Å². The molecular weight excluding hydrogens is 240 g/mol. The van der Waals surface area contributed by atoms with Gasteiger partial charge in [-0.3, -0.25) is 4.90 Å². The van der Waals surface area contributed by atoms with Gasteiger partial charge < -0.3 is 9.84 Å². The molecule has 1 aromatic heterocycles. The molecule has 1 aliphatic rings. The van der Waals surface area contributed by atoms with E-state index in [9.17, 15) is 0 Å². The van der Waals surface area contributed by atoms with Crippen LogP contribution in [0.1, 0.15) is 38.9 Å². The first-order chi connectivity index (χ1) is 9.10. The van der Waals surface area contributed by atoms with Crippen LogP contribution in [0.5, 0.6) is 0 Å². The van der Waals surface area contributed by atoms with Crippen molar-refractivity contribution in [2.45, 2.75) is 52.6 Å². The number of rotatable bonds is 5. The van der Waals surface area contributed by atoms with Crippen LogP contribution in [-0.2, 0) is 6.42 Å². The zero-order valence-corrected chi connectivity index (χ0v) is 12.5. The van der Waals surface area contributed by atoms with Crippen LogP contribution in [-0.4, -0.2) is 46.8 Å². The SMILES string of the molecule is CCC1CNC(C(C)C)CN1CCc1noc(C)n1. The van der Waals surface area contributed by atoms with Crippen LogP contribution in [0, 0.1) is 12.8 Å². The first-order valence-corrected chi connectivity index (χ1v) is 7.36. The summed E-state index contributed by atoms with van der Waals surface area (Å²) in [7, 11) is 0. The molecule has 19 heavy (non-hydrogen) atoms. The lowest BCUT2D eigenvalue weighted by Crippen LogP contribution is -2.58.